The molecule has 4 amide bonds. The second kappa shape index (κ2) is 15.5. The molecule has 4 unspecified atom stereocenters. The van der Waals surface area contributed by atoms with Crippen LogP contribution in [0.1, 0.15) is 37.7 Å². The average molecular weight is 554 g/mol. The molecule has 0 aliphatic rings. The van der Waals surface area contributed by atoms with Gasteiger partial charge < -0.3 is 47.8 Å². The van der Waals surface area contributed by atoms with Crippen LogP contribution in [-0.4, -0.2) is 86.1 Å². The summed E-state index contributed by atoms with van der Waals surface area (Å²) in [5.41, 5.74) is 11.3. The van der Waals surface area contributed by atoms with Crippen molar-refractivity contribution in [2.75, 3.05) is 0 Å². The number of carboxylic acid groups (broad SMARTS) is 3. The van der Waals surface area contributed by atoms with Crippen molar-refractivity contribution in [3.05, 3.63) is 29.8 Å². The number of aliphatic carboxylic acids is 3. The minimum absolute atomic E-state index is 0.0754. The number of phenolic OH excluding ortho intramolecular Hbond substituents is 1. The van der Waals surface area contributed by atoms with Gasteiger partial charge in [0.25, 0.3) is 0 Å². The molecule has 0 aromatic heterocycles. The van der Waals surface area contributed by atoms with Crippen molar-refractivity contribution in [2.45, 2.75) is 62.7 Å². The van der Waals surface area contributed by atoms with Gasteiger partial charge in [0.05, 0.1) is 12.5 Å². The molecule has 0 aliphatic carbocycles. The lowest BCUT2D eigenvalue weighted by molar-refractivity contribution is -0.143. The zero-order valence-corrected chi connectivity index (χ0v) is 20.7. The first-order valence-electron chi connectivity index (χ1n) is 11.6. The minimum Gasteiger partial charge on any atom is -0.508 e. The van der Waals surface area contributed by atoms with Crippen molar-refractivity contribution >= 4 is 41.5 Å². The number of carboxylic acids is 3. The normalized spacial score (nSPS) is 13.7. The molecule has 214 valence electrons. The van der Waals surface area contributed by atoms with E-state index in [-0.39, 0.29) is 18.6 Å². The fourth-order valence-electron chi connectivity index (χ4n) is 3.25. The Morgan fingerprint density at radius 2 is 1.21 bits per heavy atom. The second-order valence-electron chi connectivity index (χ2n) is 8.53. The number of hydrogen-bond acceptors (Lipinski definition) is 9. The average Bonchev–Trinajstić information content (AvgIpc) is 2.84. The number of primary amides is 1. The summed E-state index contributed by atoms with van der Waals surface area (Å²) < 4.78 is 0. The van der Waals surface area contributed by atoms with E-state index in [0.29, 0.717) is 5.56 Å². The molecule has 39 heavy (non-hydrogen) atoms. The van der Waals surface area contributed by atoms with Gasteiger partial charge in [0.2, 0.25) is 23.6 Å². The number of hydrogen-bond donors (Lipinski definition) is 9. The van der Waals surface area contributed by atoms with E-state index in [9.17, 15) is 43.8 Å². The molecular formula is C23H31N5O11. The third-order valence-corrected chi connectivity index (χ3v) is 5.31. The Bertz CT molecular complexity index is 1080. The van der Waals surface area contributed by atoms with Crippen LogP contribution in [0.5, 0.6) is 5.75 Å². The summed E-state index contributed by atoms with van der Waals surface area (Å²) in [6.07, 6.45) is -2.69. The van der Waals surface area contributed by atoms with E-state index >= 15 is 0 Å². The van der Waals surface area contributed by atoms with Crippen LogP contribution >= 0.6 is 0 Å². The Kier molecular flexibility index (Phi) is 12.8. The van der Waals surface area contributed by atoms with Gasteiger partial charge in [0.1, 0.15) is 23.9 Å². The predicted molar refractivity (Wildman–Crippen MR) is 131 cm³/mol. The van der Waals surface area contributed by atoms with E-state index in [1.54, 1.807) is 0 Å². The SMILES string of the molecule is NC(=O)CC(NC(=O)C(Cc1ccc(O)cc1)NC(=O)C(N)CCC(=O)O)C(=O)NC(CCC(=O)O)C(=O)O. The second-order valence-corrected chi connectivity index (χ2v) is 8.53. The lowest BCUT2D eigenvalue weighted by Crippen LogP contribution is -2.58. The van der Waals surface area contributed by atoms with E-state index in [1.807, 2.05) is 5.32 Å². The maximum atomic E-state index is 13.1. The summed E-state index contributed by atoms with van der Waals surface area (Å²) in [6.45, 7) is 0. The Morgan fingerprint density at radius 3 is 1.72 bits per heavy atom. The van der Waals surface area contributed by atoms with Crippen molar-refractivity contribution in [2.24, 2.45) is 11.5 Å². The molecule has 1 rings (SSSR count). The van der Waals surface area contributed by atoms with Crippen LogP contribution < -0.4 is 27.4 Å². The largest absolute Gasteiger partial charge is 0.508 e. The summed E-state index contributed by atoms with van der Waals surface area (Å²) in [5, 5.41) is 43.0. The highest BCUT2D eigenvalue weighted by Crippen LogP contribution is 2.12. The molecule has 0 fully saturated rings. The van der Waals surface area contributed by atoms with Gasteiger partial charge in [-0.25, -0.2) is 4.79 Å². The fourth-order valence-corrected chi connectivity index (χ4v) is 3.25. The van der Waals surface area contributed by atoms with Gasteiger partial charge in [-0.05, 0) is 30.5 Å². The molecule has 11 N–H and O–H groups in total. The molecule has 1 aromatic rings. The molecule has 0 bridgehead atoms. The molecule has 0 radical (unpaired) electrons. The number of benzene rings is 1. The Labute approximate surface area is 221 Å². The Balaban J connectivity index is 3.14. The maximum absolute atomic E-state index is 13.1. The van der Waals surface area contributed by atoms with Crippen molar-refractivity contribution < 1.29 is 54.0 Å². The minimum atomic E-state index is -1.69. The number of nitrogens with one attached hydrogen (secondary N) is 3. The topological polar surface area (TPSA) is 289 Å². The summed E-state index contributed by atoms with van der Waals surface area (Å²) in [4.78, 5) is 83.0. The zero-order valence-electron chi connectivity index (χ0n) is 20.7. The smallest absolute Gasteiger partial charge is 0.326 e. The van der Waals surface area contributed by atoms with Gasteiger partial charge >= 0.3 is 17.9 Å². The van der Waals surface area contributed by atoms with Gasteiger partial charge in [0, 0.05) is 19.3 Å². The number of rotatable bonds is 17. The first kappa shape index (κ1) is 32.3. The maximum Gasteiger partial charge on any atom is 0.326 e. The highest BCUT2D eigenvalue weighted by molar-refractivity contribution is 5.96. The van der Waals surface area contributed by atoms with Gasteiger partial charge in [0.15, 0.2) is 0 Å². The molecule has 16 heteroatoms. The lowest BCUT2D eigenvalue weighted by Gasteiger charge is -2.25. The van der Waals surface area contributed by atoms with Crippen LogP contribution in [0.3, 0.4) is 0 Å². The molecule has 0 saturated carbocycles. The molecule has 1 aromatic carbocycles. The molecule has 0 heterocycles. The summed E-state index contributed by atoms with van der Waals surface area (Å²) in [5.74, 6) is -8.20. The number of amides is 4. The summed E-state index contributed by atoms with van der Waals surface area (Å²) >= 11 is 0. The Hall–Kier alpha value is -4.73. The van der Waals surface area contributed by atoms with E-state index < -0.39 is 91.4 Å². The summed E-state index contributed by atoms with van der Waals surface area (Å²) in [6, 6.07) is -0.537. The first-order chi connectivity index (χ1) is 18.2. The zero-order chi connectivity index (χ0) is 29.7. The summed E-state index contributed by atoms with van der Waals surface area (Å²) in [7, 11) is 0. The number of aromatic hydroxyl groups is 1. The number of phenols is 1. The third kappa shape index (κ3) is 12.4. The van der Waals surface area contributed by atoms with E-state index in [0.717, 1.165) is 0 Å². The van der Waals surface area contributed by atoms with Crippen LogP contribution in [0.2, 0.25) is 0 Å². The monoisotopic (exact) mass is 553 g/mol. The van der Waals surface area contributed by atoms with E-state index in [1.165, 1.54) is 24.3 Å². The van der Waals surface area contributed by atoms with Crippen molar-refractivity contribution in [3.63, 3.8) is 0 Å². The Morgan fingerprint density at radius 1 is 0.718 bits per heavy atom. The third-order valence-electron chi connectivity index (χ3n) is 5.31. The molecule has 4 atom stereocenters. The molecule has 0 aliphatic heterocycles. The molecule has 0 saturated heterocycles. The van der Waals surface area contributed by atoms with Crippen LogP contribution in [0.4, 0.5) is 0 Å². The molecular weight excluding hydrogens is 522 g/mol. The number of carbonyl (C=O) groups excluding carboxylic acids is 4. The van der Waals surface area contributed by atoms with Gasteiger partial charge in [-0.3, -0.25) is 28.8 Å². The first-order valence-corrected chi connectivity index (χ1v) is 11.6. The van der Waals surface area contributed by atoms with Gasteiger partial charge in [-0.1, -0.05) is 12.1 Å². The van der Waals surface area contributed by atoms with Crippen LogP contribution in [-0.2, 0) is 40.0 Å². The fraction of sp³-hybridized carbons (Fsp3) is 0.435. The number of nitrogens with two attached hydrogens (primary N) is 2. The quantitative estimate of drug-likeness (QED) is 0.0960. The van der Waals surface area contributed by atoms with Gasteiger partial charge in [-0.2, -0.15) is 0 Å². The van der Waals surface area contributed by atoms with Crippen molar-refractivity contribution in [1.29, 1.82) is 0 Å². The van der Waals surface area contributed by atoms with E-state index in [4.69, 9.17) is 21.7 Å². The highest BCUT2D eigenvalue weighted by atomic mass is 16.4. The highest BCUT2D eigenvalue weighted by Gasteiger charge is 2.31. The van der Waals surface area contributed by atoms with Crippen LogP contribution in [0, 0.1) is 0 Å². The van der Waals surface area contributed by atoms with Crippen molar-refractivity contribution in [1.82, 2.24) is 16.0 Å². The standard InChI is InChI=1S/C23H31N5O11/c24-13(5-7-18(31)32)20(35)27-15(9-11-1-3-12(29)4-2-11)21(36)28-16(10-17(25)30)22(37)26-14(23(38)39)6-8-19(33)34/h1-4,13-16,29H,5-10,24H2,(H2,25,30)(H,26,37)(H,27,35)(H,28,36)(H,31,32)(H,33,34)(H,38,39). The lowest BCUT2D eigenvalue weighted by atomic mass is 10.0. The molecule has 0 spiro atoms. The van der Waals surface area contributed by atoms with Crippen LogP contribution in [0.15, 0.2) is 24.3 Å². The molecule has 16 nitrogen and oxygen atoms in total. The number of carbonyl (C=O) groups is 7. The van der Waals surface area contributed by atoms with Crippen LogP contribution in [0.25, 0.3) is 0 Å². The van der Waals surface area contributed by atoms with E-state index in [2.05, 4.69) is 10.6 Å². The van der Waals surface area contributed by atoms with Crippen molar-refractivity contribution in [3.8, 4) is 5.75 Å². The van der Waals surface area contributed by atoms with Gasteiger partial charge in [-0.15, -0.1) is 0 Å². The predicted octanol–water partition coefficient (Wildman–Crippen LogP) is -2.59.